The first-order chi connectivity index (χ1) is 17.9. The summed E-state index contributed by atoms with van der Waals surface area (Å²) in [5, 5.41) is 12.3. The van der Waals surface area contributed by atoms with E-state index >= 15 is 0 Å². The lowest BCUT2D eigenvalue weighted by Crippen LogP contribution is -2.24. The number of aryl methyl sites for hydroxylation is 1. The van der Waals surface area contributed by atoms with Gasteiger partial charge in [0.1, 0.15) is 10.6 Å². The fraction of sp³-hybridized carbons (Fsp3) is 0.226. The van der Waals surface area contributed by atoms with E-state index in [0.717, 1.165) is 56.1 Å². The van der Waals surface area contributed by atoms with E-state index in [1.165, 1.54) is 15.7 Å². The first kappa shape index (κ1) is 24.8. The highest BCUT2D eigenvalue weighted by atomic mass is 32.1. The van der Waals surface area contributed by atoms with Crippen molar-refractivity contribution in [2.45, 2.75) is 39.0 Å². The van der Waals surface area contributed by atoms with Crippen molar-refractivity contribution in [2.24, 2.45) is 0 Å². The molecule has 1 saturated carbocycles. The van der Waals surface area contributed by atoms with Gasteiger partial charge in [0.05, 0.1) is 11.5 Å². The Balaban J connectivity index is 1.71. The monoisotopic (exact) mass is 511 g/mol. The molecule has 0 amide bonds. The Morgan fingerprint density at radius 3 is 2.59 bits per heavy atom. The molecule has 0 spiro atoms. The van der Waals surface area contributed by atoms with Gasteiger partial charge in [-0.2, -0.15) is 0 Å². The molecule has 0 bridgehead atoms. The highest BCUT2D eigenvalue weighted by molar-refractivity contribution is 7.21. The number of allylic oxidation sites excluding steroid dienone is 1. The zero-order chi connectivity index (χ0) is 26.1. The van der Waals surface area contributed by atoms with Gasteiger partial charge in [0.2, 0.25) is 0 Å². The molecule has 4 aromatic rings. The normalized spacial score (nSPS) is 14.3. The molecule has 2 heterocycles. The molecule has 2 aromatic carbocycles. The van der Waals surface area contributed by atoms with Gasteiger partial charge in [-0.3, -0.25) is 9.20 Å². The van der Waals surface area contributed by atoms with Crippen molar-refractivity contribution < 1.29 is 14.6 Å². The molecule has 2 aromatic heterocycles. The van der Waals surface area contributed by atoms with Gasteiger partial charge < -0.3 is 9.84 Å². The van der Waals surface area contributed by atoms with Crippen LogP contribution in [0.1, 0.15) is 52.9 Å². The second-order valence-corrected chi connectivity index (χ2v) is 10.3. The van der Waals surface area contributed by atoms with E-state index in [-0.39, 0.29) is 11.3 Å². The molecule has 0 atom stereocenters. The highest BCUT2D eigenvalue weighted by Gasteiger charge is 2.32. The van der Waals surface area contributed by atoms with Crippen LogP contribution in [0.4, 0.5) is 0 Å². The molecule has 1 N–H and O–H groups in total. The summed E-state index contributed by atoms with van der Waals surface area (Å²) in [6, 6.07) is 15.4. The van der Waals surface area contributed by atoms with Gasteiger partial charge in [0, 0.05) is 6.07 Å². The number of fused-ring (bicyclic) bond motifs is 1. The maximum absolute atomic E-state index is 13.4. The molecule has 1 aliphatic rings. The van der Waals surface area contributed by atoms with Crippen molar-refractivity contribution >= 4 is 34.3 Å². The van der Waals surface area contributed by atoms with Crippen LogP contribution in [0.5, 0.6) is 5.75 Å². The van der Waals surface area contributed by atoms with Gasteiger partial charge in [0.25, 0.3) is 5.56 Å². The molecule has 0 unspecified atom stereocenters. The van der Waals surface area contributed by atoms with E-state index in [9.17, 15) is 14.7 Å². The van der Waals surface area contributed by atoms with Gasteiger partial charge >= 0.3 is 5.97 Å². The van der Waals surface area contributed by atoms with Crippen LogP contribution in [0, 0.1) is 6.92 Å². The van der Waals surface area contributed by atoms with Crippen LogP contribution in [0.2, 0.25) is 0 Å². The third kappa shape index (κ3) is 4.77. The molecular weight excluding hydrogens is 482 g/mol. The summed E-state index contributed by atoms with van der Waals surface area (Å²) in [5.74, 6) is 0.000839. The Labute approximate surface area is 219 Å². The minimum atomic E-state index is -1.11. The van der Waals surface area contributed by atoms with E-state index in [4.69, 9.17) is 4.74 Å². The number of carbonyl (C=O) groups is 1. The van der Waals surface area contributed by atoms with Crippen LogP contribution in [0.25, 0.3) is 27.4 Å². The number of hydrogen-bond donors (Lipinski definition) is 1. The van der Waals surface area contributed by atoms with Crippen LogP contribution in [0.15, 0.2) is 66.0 Å². The van der Waals surface area contributed by atoms with Crippen molar-refractivity contribution in [3.63, 3.8) is 0 Å². The molecule has 37 heavy (non-hydrogen) atoms. The van der Waals surface area contributed by atoms with E-state index in [0.29, 0.717) is 23.8 Å². The number of benzene rings is 2. The molecule has 6 heteroatoms. The summed E-state index contributed by atoms with van der Waals surface area (Å²) >= 11 is 1.40. The summed E-state index contributed by atoms with van der Waals surface area (Å²) in [7, 11) is 0. The van der Waals surface area contributed by atoms with E-state index in [1.54, 1.807) is 12.1 Å². The summed E-state index contributed by atoms with van der Waals surface area (Å²) in [4.78, 5) is 27.2. The first-order valence-electron chi connectivity index (χ1n) is 12.5. The Hall–Kier alpha value is -3.90. The topological polar surface area (TPSA) is 68.0 Å². The largest absolute Gasteiger partial charge is 0.494 e. The van der Waals surface area contributed by atoms with Crippen molar-refractivity contribution in [1.82, 2.24) is 4.40 Å². The molecular formula is C31H29NO4S. The predicted molar refractivity (Wildman–Crippen MR) is 150 cm³/mol. The number of ether oxygens (including phenoxy) is 1. The number of carboxylic acids is 1. The second kappa shape index (κ2) is 10.2. The fourth-order valence-electron chi connectivity index (χ4n) is 4.88. The van der Waals surface area contributed by atoms with Crippen molar-refractivity contribution in [1.29, 1.82) is 0 Å². The number of aromatic nitrogens is 1. The standard InChI is InChI=1S/C31H29NO4S/c1-4-8-20-9-6-7-10-21(20)11-14-23-18-26(33)32-28(31(34)35)29(37-30(32)27(23)22-12-13-22)24-15-16-25(36-5-2)19(3)17-24/h4,6-11,15-18,22H,1,5,12-14H2,2-3H3,(H,34,35)/b20-8-,21-11+. The van der Waals surface area contributed by atoms with Gasteiger partial charge in [-0.25, -0.2) is 4.79 Å². The molecule has 1 fully saturated rings. The maximum Gasteiger partial charge on any atom is 0.354 e. The van der Waals surface area contributed by atoms with Crippen molar-refractivity contribution in [3.05, 3.63) is 104 Å². The predicted octanol–water partition coefficient (Wildman–Crippen LogP) is 5.30. The Morgan fingerprint density at radius 1 is 1.19 bits per heavy atom. The van der Waals surface area contributed by atoms with E-state index in [2.05, 4.69) is 18.7 Å². The van der Waals surface area contributed by atoms with Crippen LogP contribution in [0.3, 0.4) is 0 Å². The third-order valence-electron chi connectivity index (χ3n) is 6.70. The van der Waals surface area contributed by atoms with E-state index in [1.807, 2.05) is 56.3 Å². The second-order valence-electron chi connectivity index (χ2n) is 9.27. The molecule has 188 valence electrons. The molecule has 1 aliphatic carbocycles. The van der Waals surface area contributed by atoms with Crippen molar-refractivity contribution in [3.8, 4) is 16.2 Å². The summed E-state index contributed by atoms with van der Waals surface area (Å²) in [5.41, 5.74) is 3.48. The average Bonchev–Trinajstić information content (AvgIpc) is 3.63. The molecule has 0 aliphatic heterocycles. The summed E-state index contributed by atoms with van der Waals surface area (Å²) in [6.07, 6.45) is 8.55. The number of aromatic carboxylic acids is 1. The van der Waals surface area contributed by atoms with Gasteiger partial charge in [0.15, 0.2) is 5.69 Å². The fourth-order valence-corrected chi connectivity index (χ4v) is 6.27. The van der Waals surface area contributed by atoms with E-state index < -0.39 is 5.97 Å². The number of carboxylic acid groups (broad SMARTS) is 1. The average molecular weight is 512 g/mol. The Kier molecular flexibility index (Phi) is 6.85. The lowest BCUT2D eigenvalue weighted by atomic mass is 10.0. The van der Waals surface area contributed by atoms with Gasteiger partial charge in [-0.15, -0.1) is 11.3 Å². The maximum atomic E-state index is 13.4. The Bertz CT molecular complexity index is 1710. The lowest BCUT2D eigenvalue weighted by Gasteiger charge is -2.09. The van der Waals surface area contributed by atoms with Gasteiger partial charge in [-0.05, 0) is 89.9 Å². The molecule has 0 saturated heterocycles. The zero-order valence-electron chi connectivity index (χ0n) is 21.0. The molecule has 5 rings (SSSR count). The SMILES string of the molecule is C=C/C=c1/cccc/c1=C\Cc1cc(=O)n2c(C(=O)O)c(-c3ccc(OCC)c(C)c3)sc2c1C1CC1. The van der Waals surface area contributed by atoms with Gasteiger partial charge in [-0.1, -0.05) is 49.1 Å². The minimum absolute atomic E-state index is 0.0249. The molecule has 0 radical (unpaired) electrons. The summed E-state index contributed by atoms with van der Waals surface area (Å²) in [6.45, 7) is 8.24. The third-order valence-corrected chi connectivity index (χ3v) is 7.92. The Morgan fingerprint density at radius 2 is 1.95 bits per heavy atom. The zero-order valence-corrected chi connectivity index (χ0v) is 21.8. The minimum Gasteiger partial charge on any atom is -0.494 e. The number of nitrogens with zero attached hydrogens (tertiary/aromatic N) is 1. The first-order valence-corrected chi connectivity index (χ1v) is 13.3. The van der Waals surface area contributed by atoms with Crippen LogP contribution < -0.4 is 20.7 Å². The number of rotatable bonds is 8. The number of hydrogen-bond acceptors (Lipinski definition) is 4. The lowest BCUT2D eigenvalue weighted by molar-refractivity contribution is 0.0690. The molecule has 5 nitrogen and oxygen atoms in total. The van der Waals surface area contributed by atoms with Crippen LogP contribution in [-0.2, 0) is 6.42 Å². The smallest absolute Gasteiger partial charge is 0.354 e. The quantitative estimate of drug-likeness (QED) is 0.349. The van der Waals surface area contributed by atoms with Crippen molar-refractivity contribution in [2.75, 3.05) is 6.61 Å². The van der Waals surface area contributed by atoms with Crippen LogP contribution >= 0.6 is 11.3 Å². The summed E-state index contributed by atoms with van der Waals surface area (Å²) < 4.78 is 7.07. The number of thiazole rings is 1. The van der Waals surface area contributed by atoms with Crippen LogP contribution in [-0.4, -0.2) is 22.1 Å². The number of pyridine rings is 1. The highest BCUT2D eigenvalue weighted by Crippen LogP contribution is 2.47.